The monoisotopic (exact) mass is 274 g/mol. The molecule has 7 heteroatoms. The van der Waals surface area contributed by atoms with Crippen molar-refractivity contribution in [1.29, 1.82) is 0 Å². The predicted octanol–water partition coefficient (Wildman–Crippen LogP) is 2.95. The molecule has 1 unspecified atom stereocenters. The predicted molar refractivity (Wildman–Crippen MR) is 60.2 cm³/mol. The topological polar surface area (TPSA) is 46.0 Å². The van der Waals surface area contributed by atoms with Crippen LogP contribution in [-0.4, -0.2) is 14.7 Å². The van der Waals surface area contributed by atoms with Crippen LogP contribution in [0.5, 0.6) is 0 Å². The van der Waals surface area contributed by atoms with Gasteiger partial charge < -0.3 is 5.11 Å². The third-order valence-corrected chi connectivity index (χ3v) is 3.37. The summed E-state index contributed by atoms with van der Waals surface area (Å²) in [5, 5.41) is 13.8. The number of benzene rings is 1. The molecule has 3 nitrogen and oxygen atoms in total. The number of halogens is 3. The first-order chi connectivity index (χ1) is 8.39. The lowest BCUT2D eigenvalue weighted by atomic mass is 10.0. The van der Waals surface area contributed by atoms with Gasteiger partial charge in [-0.2, -0.15) is 13.2 Å². The molecule has 2 aromatic rings. The molecule has 1 aromatic carbocycles. The highest BCUT2D eigenvalue weighted by Crippen LogP contribution is 2.32. The second-order valence-corrected chi connectivity index (χ2v) is 4.53. The van der Waals surface area contributed by atoms with Gasteiger partial charge in [0.25, 0.3) is 0 Å². The van der Waals surface area contributed by atoms with E-state index >= 15 is 0 Å². The summed E-state index contributed by atoms with van der Waals surface area (Å²) in [6.07, 6.45) is -5.36. The van der Waals surface area contributed by atoms with Crippen molar-refractivity contribution in [1.82, 2.24) is 9.59 Å². The van der Waals surface area contributed by atoms with E-state index in [1.807, 2.05) is 0 Å². The van der Waals surface area contributed by atoms with Gasteiger partial charge in [-0.3, -0.25) is 0 Å². The number of aryl methyl sites for hydroxylation is 1. The lowest BCUT2D eigenvalue weighted by Crippen LogP contribution is -2.06. The van der Waals surface area contributed by atoms with Crippen molar-refractivity contribution in [2.24, 2.45) is 0 Å². The van der Waals surface area contributed by atoms with Crippen molar-refractivity contribution in [3.05, 3.63) is 46.0 Å². The zero-order chi connectivity index (χ0) is 13.3. The zero-order valence-corrected chi connectivity index (χ0v) is 10.1. The van der Waals surface area contributed by atoms with Gasteiger partial charge in [0, 0.05) is 0 Å². The van der Waals surface area contributed by atoms with E-state index in [9.17, 15) is 18.3 Å². The molecule has 1 aromatic heterocycles. The molecular weight excluding hydrogens is 265 g/mol. The summed E-state index contributed by atoms with van der Waals surface area (Å²) in [4.78, 5) is 0.537. The maximum Gasteiger partial charge on any atom is 0.416 e. The number of aliphatic hydroxyl groups is 1. The average molecular weight is 274 g/mol. The van der Waals surface area contributed by atoms with Crippen LogP contribution in [0, 0.1) is 6.92 Å². The number of nitrogens with zero attached hydrogens (tertiary/aromatic N) is 2. The van der Waals surface area contributed by atoms with Gasteiger partial charge in [-0.1, -0.05) is 16.6 Å². The fraction of sp³-hybridized carbons (Fsp3) is 0.273. The van der Waals surface area contributed by atoms with Crippen LogP contribution in [0.2, 0.25) is 0 Å². The van der Waals surface area contributed by atoms with E-state index in [0.29, 0.717) is 16.1 Å². The number of aliphatic hydroxyl groups excluding tert-OH is 1. The summed E-state index contributed by atoms with van der Waals surface area (Å²) < 4.78 is 40.8. The first-order valence-electron chi connectivity index (χ1n) is 5.03. The number of aromatic nitrogens is 2. The summed E-state index contributed by atoms with van der Waals surface area (Å²) in [7, 11) is 0. The summed E-state index contributed by atoms with van der Waals surface area (Å²) in [6.45, 7) is 1.69. The Balaban J connectivity index is 2.28. The molecule has 0 amide bonds. The van der Waals surface area contributed by atoms with Crippen molar-refractivity contribution in [3.8, 4) is 0 Å². The number of hydrogen-bond donors (Lipinski definition) is 1. The van der Waals surface area contributed by atoms with Gasteiger partial charge in [0.15, 0.2) is 0 Å². The number of rotatable bonds is 2. The highest BCUT2D eigenvalue weighted by molar-refractivity contribution is 7.05. The zero-order valence-electron chi connectivity index (χ0n) is 9.27. The molecule has 1 atom stereocenters. The van der Waals surface area contributed by atoms with Gasteiger partial charge in [-0.05, 0) is 36.2 Å². The Morgan fingerprint density at radius 1 is 1.22 bits per heavy atom. The molecule has 0 saturated heterocycles. The smallest absolute Gasteiger partial charge is 0.383 e. The summed E-state index contributed by atoms with van der Waals surface area (Å²) >= 11 is 1.03. The third-order valence-electron chi connectivity index (χ3n) is 2.49. The average Bonchev–Trinajstić information content (AvgIpc) is 2.73. The van der Waals surface area contributed by atoms with Crippen molar-refractivity contribution < 1.29 is 18.3 Å². The van der Waals surface area contributed by atoms with E-state index in [0.717, 1.165) is 23.7 Å². The van der Waals surface area contributed by atoms with Crippen LogP contribution in [0.1, 0.15) is 27.8 Å². The molecule has 0 spiro atoms. The Labute approximate surface area is 105 Å². The molecule has 2 rings (SSSR count). The molecule has 0 bridgehead atoms. The van der Waals surface area contributed by atoms with Crippen LogP contribution >= 0.6 is 11.5 Å². The second-order valence-electron chi connectivity index (χ2n) is 3.74. The molecule has 1 N–H and O–H groups in total. The molecule has 0 aliphatic carbocycles. The van der Waals surface area contributed by atoms with Crippen LogP contribution in [-0.2, 0) is 6.18 Å². The van der Waals surface area contributed by atoms with E-state index < -0.39 is 17.8 Å². The molecule has 0 saturated carbocycles. The normalized spacial score (nSPS) is 13.6. The Morgan fingerprint density at radius 3 is 2.28 bits per heavy atom. The minimum absolute atomic E-state index is 0.386. The van der Waals surface area contributed by atoms with E-state index in [1.165, 1.54) is 12.1 Å². The molecule has 0 fully saturated rings. The molecule has 18 heavy (non-hydrogen) atoms. The van der Waals surface area contributed by atoms with Gasteiger partial charge in [-0.15, -0.1) is 5.10 Å². The van der Waals surface area contributed by atoms with Crippen molar-refractivity contribution >= 4 is 11.5 Å². The third kappa shape index (κ3) is 2.51. The largest absolute Gasteiger partial charge is 0.416 e. The van der Waals surface area contributed by atoms with Crippen LogP contribution < -0.4 is 0 Å². The Hall–Kier alpha value is -1.47. The van der Waals surface area contributed by atoms with E-state index in [1.54, 1.807) is 6.92 Å². The van der Waals surface area contributed by atoms with Gasteiger partial charge in [0.1, 0.15) is 6.10 Å². The lowest BCUT2D eigenvalue weighted by molar-refractivity contribution is -0.137. The first kappa shape index (κ1) is 13.0. The summed E-state index contributed by atoms with van der Waals surface area (Å²) in [5.41, 5.74) is 0.224. The fourth-order valence-electron chi connectivity index (χ4n) is 1.49. The van der Waals surface area contributed by atoms with Gasteiger partial charge >= 0.3 is 6.18 Å². The molecule has 0 radical (unpaired) electrons. The molecule has 0 aliphatic rings. The molecule has 96 valence electrons. The van der Waals surface area contributed by atoms with Crippen LogP contribution in [0.4, 0.5) is 13.2 Å². The number of alkyl halides is 3. The van der Waals surface area contributed by atoms with Gasteiger partial charge in [-0.25, -0.2) is 0 Å². The highest BCUT2D eigenvalue weighted by atomic mass is 32.1. The number of hydrogen-bond acceptors (Lipinski definition) is 4. The van der Waals surface area contributed by atoms with Gasteiger partial charge in [0.05, 0.1) is 16.1 Å². The Bertz CT molecular complexity index is 536. The summed E-state index contributed by atoms with van der Waals surface area (Å²) in [5.74, 6) is 0. The minimum Gasteiger partial charge on any atom is -0.383 e. The fourth-order valence-corrected chi connectivity index (χ4v) is 2.15. The Kier molecular flexibility index (Phi) is 3.36. The summed E-state index contributed by atoms with van der Waals surface area (Å²) in [6, 6.07) is 4.41. The quantitative estimate of drug-likeness (QED) is 0.915. The van der Waals surface area contributed by atoms with E-state index in [4.69, 9.17) is 0 Å². The van der Waals surface area contributed by atoms with E-state index in [2.05, 4.69) is 9.59 Å². The Morgan fingerprint density at radius 2 is 1.83 bits per heavy atom. The molecule has 1 heterocycles. The highest BCUT2D eigenvalue weighted by Gasteiger charge is 2.30. The second kappa shape index (κ2) is 4.66. The maximum absolute atomic E-state index is 12.4. The standard InChI is InChI=1S/C11H9F3N2OS/c1-6-10(18-16-15-6)9(17)7-2-4-8(5-3-7)11(12,13)14/h2-5,9,17H,1H3. The van der Waals surface area contributed by atoms with E-state index in [-0.39, 0.29) is 0 Å². The van der Waals surface area contributed by atoms with Crippen molar-refractivity contribution in [2.45, 2.75) is 19.2 Å². The minimum atomic E-state index is -4.37. The van der Waals surface area contributed by atoms with Crippen molar-refractivity contribution in [3.63, 3.8) is 0 Å². The molecular formula is C11H9F3N2OS. The first-order valence-corrected chi connectivity index (χ1v) is 5.81. The van der Waals surface area contributed by atoms with Gasteiger partial charge in [0.2, 0.25) is 0 Å². The van der Waals surface area contributed by atoms with Crippen molar-refractivity contribution in [2.75, 3.05) is 0 Å². The maximum atomic E-state index is 12.4. The van der Waals surface area contributed by atoms with Crippen LogP contribution in [0.3, 0.4) is 0 Å². The van der Waals surface area contributed by atoms with Crippen LogP contribution in [0.15, 0.2) is 24.3 Å². The molecule has 0 aliphatic heterocycles. The SMILES string of the molecule is Cc1nnsc1C(O)c1ccc(C(F)(F)F)cc1. The lowest BCUT2D eigenvalue weighted by Gasteiger charge is -2.11. The van der Waals surface area contributed by atoms with Crippen LogP contribution in [0.25, 0.3) is 0 Å².